The van der Waals surface area contributed by atoms with E-state index in [9.17, 15) is 9.59 Å². The molecule has 5 nitrogen and oxygen atoms in total. The summed E-state index contributed by atoms with van der Waals surface area (Å²) in [5.74, 6) is -0.584. The normalized spacial score (nSPS) is 12.0. The van der Waals surface area contributed by atoms with Crippen molar-refractivity contribution in [2.45, 2.75) is 40.5 Å². The van der Waals surface area contributed by atoms with Gasteiger partial charge in [-0.05, 0) is 49.4 Å². The Labute approximate surface area is 138 Å². The summed E-state index contributed by atoms with van der Waals surface area (Å²) in [6.07, 6.45) is 0.760. The first-order chi connectivity index (χ1) is 10.8. The number of carboxylic acid groups (broad SMARTS) is 1. The molecule has 0 aromatic heterocycles. The maximum atomic E-state index is 11.8. The predicted octanol–water partition coefficient (Wildman–Crippen LogP) is 2.94. The summed E-state index contributed by atoms with van der Waals surface area (Å²) in [6.45, 7) is 8.41. The van der Waals surface area contributed by atoms with Crippen LogP contribution >= 0.6 is 0 Å². The van der Waals surface area contributed by atoms with Gasteiger partial charge in [0.25, 0.3) is 0 Å². The summed E-state index contributed by atoms with van der Waals surface area (Å²) < 4.78 is 5.55. The van der Waals surface area contributed by atoms with Gasteiger partial charge in [-0.1, -0.05) is 19.9 Å². The van der Waals surface area contributed by atoms with Gasteiger partial charge in [-0.25, -0.2) is 0 Å². The number of ether oxygens (including phenoxy) is 1. The van der Waals surface area contributed by atoms with Crippen LogP contribution in [0.1, 0.15) is 37.8 Å². The first-order valence-electron chi connectivity index (χ1n) is 7.99. The van der Waals surface area contributed by atoms with Crippen LogP contribution < -0.4 is 10.1 Å². The van der Waals surface area contributed by atoms with E-state index < -0.39 is 11.9 Å². The molecule has 0 heterocycles. The quantitative estimate of drug-likeness (QED) is 0.733. The zero-order chi connectivity index (χ0) is 17.4. The smallest absolute Gasteiger partial charge is 0.308 e. The van der Waals surface area contributed by atoms with Crippen LogP contribution in [0.3, 0.4) is 0 Å². The Morgan fingerprint density at radius 1 is 1.22 bits per heavy atom. The van der Waals surface area contributed by atoms with Gasteiger partial charge in [0.2, 0.25) is 5.91 Å². The highest BCUT2D eigenvalue weighted by atomic mass is 16.5. The zero-order valence-corrected chi connectivity index (χ0v) is 14.4. The van der Waals surface area contributed by atoms with Crippen LogP contribution in [0.2, 0.25) is 0 Å². The highest BCUT2D eigenvalue weighted by Gasteiger charge is 2.19. The van der Waals surface area contributed by atoms with E-state index in [1.54, 1.807) is 0 Å². The minimum absolute atomic E-state index is 0.163. The van der Waals surface area contributed by atoms with Crippen molar-refractivity contribution in [1.29, 1.82) is 0 Å². The number of hydrogen-bond acceptors (Lipinski definition) is 3. The molecule has 0 saturated carbocycles. The highest BCUT2D eigenvalue weighted by Crippen LogP contribution is 2.16. The van der Waals surface area contributed by atoms with Crippen molar-refractivity contribution in [1.82, 2.24) is 5.32 Å². The molecule has 1 amide bonds. The molecule has 1 atom stereocenters. The van der Waals surface area contributed by atoms with E-state index in [-0.39, 0.29) is 31.4 Å². The average Bonchev–Trinajstić information content (AvgIpc) is 2.46. The van der Waals surface area contributed by atoms with E-state index in [1.165, 1.54) is 5.56 Å². The Hall–Kier alpha value is -2.04. The fourth-order valence-electron chi connectivity index (χ4n) is 2.23. The minimum Gasteiger partial charge on any atom is -0.493 e. The summed E-state index contributed by atoms with van der Waals surface area (Å²) in [5, 5.41) is 11.8. The standard InChI is InChI=1S/C18H27NO4/c1-12(2)9-15(18(21)22)11-19-17(20)7-8-23-16-6-5-13(3)14(4)10-16/h5-6,10,12,15H,7-9,11H2,1-4H3,(H,19,20)(H,21,22). The molecule has 0 spiro atoms. The third kappa shape index (κ3) is 7.17. The van der Waals surface area contributed by atoms with E-state index in [2.05, 4.69) is 5.32 Å². The number of carboxylic acids is 1. The molecule has 128 valence electrons. The second-order valence-electron chi connectivity index (χ2n) is 6.31. The van der Waals surface area contributed by atoms with E-state index >= 15 is 0 Å². The van der Waals surface area contributed by atoms with E-state index in [0.717, 1.165) is 11.3 Å². The van der Waals surface area contributed by atoms with Gasteiger partial charge in [0.15, 0.2) is 0 Å². The van der Waals surface area contributed by atoms with E-state index in [0.29, 0.717) is 6.42 Å². The maximum Gasteiger partial charge on any atom is 0.308 e. The van der Waals surface area contributed by atoms with Crippen LogP contribution in [0.15, 0.2) is 18.2 Å². The van der Waals surface area contributed by atoms with Crippen molar-refractivity contribution < 1.29 is 19.4 Å². The Morgan fingerprint density at radius 3 is 2.48 bits per heavy atom. The van der Waals surface area contributed by atoms with Gasteiger partial charge in [0, 0.05) is 6.54 Å². The van der Waals surface area contributed by atoms with Gasteiger partial charge < -0.3 is 15.2 Å². The number of amides is 1. The maximum absolute atomic E-state index is 11.8. The fraction of sp³-hybridized carbons (Fsp3) is 0.556. The van der Waals surface area contributed by atoms with Crippen LogP contribution in [0.4, 0.5) is 0 Å². The summed E-state index contributed by atoms with van der Waals surface area (Å²) in [4.78, 5) is 22.9. The first-order valence-corrected chi connectivity index (χ1v) is 7.99. The van der Waals surface area contributed by atoms with Crippen LogP contribution in [0.5, 0.6) is 5.75 Å². The van der Waals surface area contributed by atoms with Gasteiger partial charge in [-0.3, -0.25) is 9.59 Å². The van der Waals surface area contributed by atoms with E-state index in [4.69, 9.17) is 9.84 Å². The summed E-state index contributed by atoms with van der Waals surface area (Å²) >= 11 is 0. The van der Waals surface area contributed by atoms with Crippen molar-refractivity contribution >= 4 is 11.9 Å². The number of aliphatic carboxylic acids is 1. The summed E-state index contributed by atoms with van der Waals surface area (Å²) in [7, 11) is 0. The molecule has 1 aromatic rings. The topological polar surface area (TPSA) is 75.6 Å². The molecule has 1 unspecified atom stereocenters. The second kappa shape index (κ2) is 9.18. The second-order valence-corrected chi connectivity index (χ2v) is 6.31. The van der Waals surface area contributed by atoms with Crippen molar-refractivity contribution in [3.63, 3.8) is 0 Å². The Morgan fingerprint density at radius 2 is 1.91 bits per heavy atom. The lowest BCUT2D eigenvalue weighted by Gasteiger charge is -2.15. The van der Waals surface area contributed by atoms with Crippen molar-refractivity contribution in [3.05, 3.63) is 29.3 Å². The molecule has 0 aliphatic heterocycles. The number of carbonyl (C=O) groups is 2. The SMILES string of the molecule is Cc1ccc(OCCC(=O)NCC(CC(C)C)C(=O)O)cc1C. The van der Waals surface area contributed by atoms with Crippen LogP contribution in [-0.4, -0.2) is 30.1 Å². The largest absolute Gasteiger partial charge is 0.493 e. The molecule has 2 N–H and O–H groups in total. The third-order valence-electron chi connectivity index (χ3n) is 3.73. The van der Waals surface area contributed by atoms with Crippen LogP contribution in [0, 0.1) is 25.7 Å². The van der Waals surface area contributed by atoms with Gasteiger partial charge in [0.1, 0.15) is 5.75 Å². The van der Waals surface area contributed by atoms with Crippen molar-refractivity contribution in [2.75, 3.05) is 13.2 Å². The van der Waals surface area contributed by atoms with E-state index in [1.807, 2.05) is 45.9 Å². The lowest BCUT2D eigenvalue weighted by atomic mass is 9.97. The van der Waals surface area contributed by atoms with Crippen LogP contribution in [-0.2, 0) is 9.59 Å². The molecule has 1 aromatic carbocycles. The Bertz CT molecular complexity index is 540. The van der Waals surface area contributed by atoms with Gasteiger partial charge in [0.05, 0.1) is 18.9 Å². The monoisotopic (exact) mass is 321 g/mol. The van der Waals surface area contributed by atoms with Gasteiger partial charge in [-0.2, -0.15) is 0 Å². The van der Waals surface area contributed by atoms with Crippen molar-refractivity contribution in [3.8, 4) is 5.75 Å². The molecule has 1 rings (SSSR count). The predicted molar refractivity (Wildman–Crippen MR) is 89.6 cm³/mol. The minimum atomic E-state index is -0.870. The summed E-state index contributed by atoms with van der Waals surface area (Å²) in [5.41, 5.74) is 2.34. The lowest BCUT2D eigenvalue weighted by Crippen LogP contribution is -2.34. The molecule has 0 fully saturated rings. The molecule has 23 heavy (non-hydrogen) atoms. The molecule has 0 aliphatic carbocycles. The molecular formula is C18H27NO4. The molecule has 0 aliphatic rings. The van der Waals surface area contributed by atoms with Gasteiger partial charge >= 0.3 is 5.97 Å². The number of aryl methyl sites for hydroxylation is 2. The first kappa shape index (κ1) is 19.0. The lowest BCUT2D eigenvalue weighted by molar-refractivity contribution is -0.142. The molecule has 0 radical (unpaired) electrons. The highest BCUT2D eigenvalue weighted by molar-refractivity contribution is 5.77. The molecular weight excluding hydrogens is 294 g/mol. The van der Waals surface area contributed by atoms with Gasteiger partial charge in [-0.15, -0.1) is 0 Å². The molecule has 0 bridgehead atoms. The number of carbonyl (C=O) groups excluding carboxylic acids is 1. The fourth-order valence-corrected chi connectivity index (χ4v) is 2.23. The Kier molecular flexibility index (Phi) is 7.59. The Balaban J connectivity index is 2.33. The number of nitrogens with one attached hydrogen (secondary N) is 1. The molecule has 0 saturated heterocycles. The number of hydrogen-bond donors (Lipinski definition) is 2. The molecule has 5 heteroatoms. The number of benzene rings is 1. The van der Waals surface area contributed by atoms with Crippen LogP contribution in [0.25, 0.3) is 0 Å². The summed E-state index contributed by atoms with van der Waals surface area (Å²) in [6, 6.07) is 5.80. The third-order valence-corrected chi connectivity index (χ3v) is 3.73. The number of rotatable bonds is 9. The zero-order valence-electron chi connectivity index (χ0n) is 14.4. The van der Waals surface area contributed by atoms with Crippen molar-refractivity contribution in [2.24, 2.45) is 11.8 Å². The average molecular weight is 321 g/mol.